The number of anilines is 1. The summed E-state index contributed by atoms with van der Waals surface area (Å²) in [6.45, 7) is -0.268. The Morgan fingerprint density at radius 3 is 2.81 bits per heavy atom. The molecule has 138 valence electrons. The fourth-order valence-corrected chi connectivity index (χ4v) is 2.56. The standard InChI is InChI=1S/C18H13F2N3O4/c19-18(20)26-15-6-5-12(9-16(15)27-18)22-17(24)10-25-14-4-2-1-3-13(14)23-8-7-21-11-23/h1-9,11H,10H2,(H,22,24). The Morgan fingerprint density at radius 1 is 1.19 bits per heavy atom. The van der Waals surface area contributed by atoms with E-state index < -0.39 is 12.2 Å². The van der Waals surface area contributed by atoms with E-state index in [-0.39, 0.29) is 23.8 Å². The number of carbonyl (C=O) groups is 1. The molecule has 2 heterocycles. The number of alkyl halides is 2. The van der Waals surface area contributed by atoms with E-state index >= 15 is 0 Å². The predicted molar refractivity (Wildman–Crippen MR) is 90.3 cm³/mol. The summed E-state index contributed by atoms with van der Waals surface area (Å²) in [5.41, 5.74) is 1.01. The summed E-state index contributed by atoms with van der Waals surface area (Å²) in [7, 11) is 0. The van der Waals surface area contributed by atoms with Crippen molar-refractivity contribution in [3.8, 4) is 22.9 Å². The first-order chi connectivity index (χ1) is 13.0. The number of hydrogen-bond donors (Lipinski definition) is 1. The maximum Gasteiger partial charge on any atom is 0.586 e. The van der Waals surface area contributed by atoms with E-state index in [1.165, 1.54) is 18.2 Å². The van der Waals surface area contributed by atoms with E-state index in [0.29, 0.717) is 5.75 Å². The highest BCUT2D eigenvalue weighted by molar-refractivity contribution is 5.92. The zero-order valence-electron chi connectivity index (χ0n) is 13.8. The number of halogens is 2. The van der Waals surface area contributed by atoms with Crippen molar-refractivity contribution in [2.24, 2.45) is 0 Å². The van der Waals surface area contributed by atoms with Gasteiger partial charge in [0.15, 0.2) is 18.1 Å². The van der Waals surface area contributed by atoms with Crippen molar-refractivity contribution < 1.29 is 27.8 Å². The number of nitrogens with one attached hydrogen (secondary N) is 1. The molecule has 1 amide bonds. The normalized spacial score (nSPS) is 14.0. The summed E-state index contributed by atoms with van der Waals surface area (Å²) in [6, 6.07) is 11.2. The van der Waals surface area contributed by atoms with Crippen molar-refractivity contribution in [3.63, 3.8) is 0 Å². The number of fused-ring (bicyclic) bond motifs is 1. The molecule has 4 rings (SSSR count). The van der Waals surface area contributed by atoms with Gasteiger partial charge in [-0.05, 0) is 24.3 Å². The molecule has 0 bridgehead atoms. The van der Waals surface area contributed by atoms with E-state index in [4.69, 9.17) is 4.74 Å². The number of amides is 1. The van der Waals surface area contributed by atoms with Crippen LogP contribution < -0.4 is 19.5 Å². The lowest BCUT2D eigenvalue weighted by Crippen LogP contribution is -2.25. The van der Waals surface area contributed by atoms with Gasteiger partial charge in [-0.15, -0.1) is 8.78 Å². The highest BCUT2D eigenvalue weighted by atomic mass is 19.3. The molecule has 0 fully saturated rings. The minimum Gasteiger partial charge on any atom is -0.482 e. The summed E-state index contributed by atoms with van der Waals surface area (Å²) in [6.07, 6.45) is 1.30. The molecule has 0 atom stereocenters. The molecule has 9 heteroatoms. The van der Waals surface area contributed by atoms with Gasteiger partial charge in [-0.1, -0.05) is 12.1 Å². The number of rotatable bonds is 5. The first-order valence-electron chi connectivity index (χ1n) is 7.90. The molecule has 0 aliphatic carbocycles. The van der Waals surface area contributed by atoms with Crippen LogP contribution in [0.1, 0.15) is 0 Å². The van der Waals surface area contributed by atoms with Crippen molar-refractivity contribution in [2.45, 2.75) is 6.29 Å². The van der Waals surface area contributed by atoms with Gasteiger partial charge in [0, 0.05) is 24.1 Å². The smallest absolute Gasteiger partial charge is 0.482 e. The van der Waals surface area contributed by atoms with Crippen molar-refractivity contribution in [3.05, 3.63) is 61.2 Å². The van der Waals surface area contributed by atoms with E-state index in [1.54, 1.807) is 35.4 Å². The van der Waals surface area contributed by atoms with Crippen LogP contribution in [0.2, 0.25) is 0 Å². The monoisotopic (exact) mass is 373 g/mol. The number of para-hydroxylation sites is 2. The fraction of sp³-hybridized carbons (Fsp3) is 0.111. The van der Waals surface area contributed by atoms with Crippen LogP contribution in [0.4, 0.5) is 14.5 Å². The first-order valence-corrected chi connectivity index (χ1v) is 7.90. The number of hydrogen-bond acceptors (Lipinski definition) is 5. The highest BCUT2D eigenvalue weighted by Crippen LogP contribution is 2.42. The summed E-state index contributed by atoms with van der Waals surface area (Å²) in [5.74, 6) is -0.204. The van der Waals surface area contributed by atoms with Crippen LogP contribution in [0.3, 0.4) is 0 Å². The SMILES string of the molecule is O=C(COc1ccccc1-n1ccnc1)Nc1ccc2c(c1)OC(F)(F)O2. The van der Waals surface area contributed by atoms with Gasteiger partial charge in [-0.3, -0.25) is 4.79 Å². The molecular weight excluding hydrogens is 360 g/mol. The molecule has 0 saturated carbocycles. The van der Waals surface area contributed by atoms with Crippen LogP contribution in [0.25, 0.3) is 5.69 Å². The molecule has 0 unspecified atom stereocenters. The second-order valence-corrected chi connectivity index (χ2v) is 5.60. The molecule has 0 radical (unpaired) electrons. The average Bonchev–Trinajstić information content (AvgIpc) is 3.26. The van der Waals surface area contributed by atoms with Crippen LogP contribution in [0, 0.1) is 0 Å². The minimum absolute atomic E-state index is 0.0940. The van der Waals surface area contributed by atoms with Crippen LogP contribution >= 0.6 is 0 Å². The molecule has 1 N–H and O–H groups in total. The molecular formula is C18H13F2N3O4. The molecule has 1 aromatic heterocycles. The van der Waals surface area contributed by atoms with Gasteiger partial charge in [-0.25, -0.2) is 4.98 Å². The second kappa shape index (κ2) is 6.60. The number of ether oxygens (including phenoxy) is 3. The molecule has 0 spiro atoms. The third kappa shape index (κ3) is 3.66. The summed E-state index contributed by atoms with van der Waals surface area (Å²) in [4.78, 5) is 16.1. The van der Waals surface area contributed by atoms with E-state index in [9.17, 15) is 13.6 Å². The zero-order valence-corrected chi connectivity index (χ0v) is 13.8. The van der Waals surface area contributed by atoms with E-state index in [0.717, 1.165) is 5.69 Å². The summed E-state index contributed by atoms with van der Waals surface area (Å²) in [5, 5.41) is 2.56. The lowest BCUT2D eigenvalue weighted by atomic mass is 10.2. The third-order valence-electron chi connectivity index (χ3n) is 3.69. The lowest BCUT2D eigenvalue weighted by molar-refractivity contribution is -0.286. The first kappa shape index (κ1) is 16.8. The average molecular weight is 373 g/mol. The molecule has 27 heavy (non-hydrogen) atoms. The Kier molecular flexibility index (Phi) is 4.11. The van der Waals surface area contributed by atoms with Gasteiger partial charge in [0.05, 0.1) is 12.0 Å². The van der Waals surface area contributed by atoms with Gasteiger partial charge >= 0.3 is 6.29 Å². The maximum absolute atomic E-state index is 13.0. The Bertz CT molecular complexity index is 976. The summed E-state index contributed by atoms with van der Waals surface area (Å²) >= 11 is 0. The van der Waals surface area contributed by atoms with Crippen molar-refractivity contribution in [1.82, 2.24) is 9.55 Å². The van der Waals surface area contributed by atoms with Crippen LogP contribution in [-0.2, 0) is 4.79 Å². The zero-order chi connectivity index (χ0) is 18.9. The van der Waals surface area contributed by atoms with Gasteiger partial charge in [0.25, 0.3) is 5.91 Å². The molecule has 7 nitrogen and oxygen atoms in total. The lowest BCUT2D eigenvalue weighted by Gasteiger charge is -2.12. The highest BCUT2D eigenvalue weighted by Gasteiger charge is 2.43. The van der Waals surface area contributed by atoms with Gasteiger partial charge in [-0.2, -0.15) is 0 Å². The molecule has 2 aromatic carbocycles. The molecule has 1 aliphatic rings. The van der Waals surface area contributed by atoms with Crippen LogP contribution in [0.5, 0.6) is 17.2 Å². The van der Waals surface area contributed by atoms with Gasteiger partial charge in [0.1, 0.15) is 5.75 Å². The Labute approximate surface area is 152 Å². The quantitative estimate of drug-likeness (QED) is 0.743. The number of imidazole rings is 1. The predicted octanol–water partition coefficient (Wildman–Crippen LogP) is 3.21. The fourth-order valence-electron chi connectivity index (χ4n) is 2.56. The third-order valence-corrected chi connectivity index (χ3v) is 3.69. The Morgan fingerprint density at radius 2 is 2.00 bits per heavy atom. The van der Waals surface area contributed by atoms with Crippen LogP contribution in [-0.4, -0.2) is 28.4 Å². The molecule has 1 aliphatic heterocycles. The number of benzene rings is 2. The maximum atomic E-state index is 13.0. The van der Waals surface area contributed by atoms with Gasteiger partial charge < -0.3 is 24.1 Å². The molecule has 3 aromatic rings. The Balaban J connectivity index is 1.41. The van der Waals surface area contributed by atoms with Crippen molar-refractivity contribution >= 4 is 11.6 Å². The largest absolute Gasteiger partial charge is 0.586 e. The van der Waals surface area contributed by atoms with Gasteiger partial charge in [0.2, 0.25) is 0 Å². The molecule has 0 saturated heterocycles. The van der Waals surface area contributed by atoms with Crippen molar-refractivity contribution in [1.29, 1.82) is 0 Å². The summed E-state index contributed by atoms with van der Waals surface area (Å²) < 4.78 is 42.1. The minimum atomic E-state index is -3.70. The number of aromatic nitrogens is 2. The van der Waals surface area contributed by atoms with Crippen molar-refractivity contribution in [2.75, 3.05) is 11.9 Å². The number of nitrogens with zero attached hydrogens (tertiary/aromatic N) is 2. The van der Waals surface area contributed by atoms with Crippen LogP contribution in [0.15, 0.2) is 61.2 Å². The second-order valence-electron chi connectivity index (χ2n) is 5.60. The van der Waals surface area contributed by atoms with E-state index in [2.05, 4.69) is 19.8 Å². The Hall–Kier alpha value is -3.62. The van der Waals surface area contributed by atoms with E-state index in [1.807, 2.05) is 12.1 Å². The topological polar surface area (TPSA) is 74.6 Å². The number of carbonyl (C=O) groups excluding carboxylic acids is 1.